The van der Waals surface area contributed by atoms with Crippen molar-refractivity contribution in [2.45, 2.75) is 83.0 Å². The van der Waals surface area contributed by atoms with E-state index in [4.69, 9.17) is 0 Å². The predicted octanol–water partition coefficient (Wildman–Crippen LogP) is 2.66. The van der Waals surface area contributed by atoms with Gasteiger partial charge in [-0.05, 0) is 45.4 Å². The van der Waals surface area contributed by atoms with Crippen LogP contribution < -0.4 is 5.32 Å². The molecule has 0 radical (unpaired) electrons. The molecule has 2 unspecified atom stereocenters. The molecule has 2 atom stereocenters. The number of carbonyl (C=O) groups is 1. The Labute approximate surface area is 110 Å². The van der Waals surface area contributed by atoms with Crippen molar-refractivity contribution in [3.8, 4) is 0 Å². The minimum Gasteiger partial charge on any atom is -0.323 e. The van der Waals surface area contributed by atoms with Gasteiger partial charge in [0.15, 0.2) is 0 Å². The molecule has 102 valence electrons. The topological polar surface area (TPSA) is 32.3 Å². The van der Waals surface area contributed by atoms with Gasteiger partial charge >= 0.3 is 0 Å². The highest BCUT2D eigenvalue weighted by atomic mass is 16.2. The van der Waals surface area contributed by atoms with E-state index >= 15 is 0 Å². The Morgan fingerprint density at radius 3 is 2.44 bits per heavy atom. The van der Waals surface area contributed by atoms with Crippen molar-refractivity contribution in [2.24, 2.45) is 5.92 Å². The number of nitrogens with zero attached hydrogens (tertiary/aromatic N) is 1. The molecular weight excluding hydrogens is 224 g/mol. The van der Waals surface area contributed by atoms with E-state index in [0.29, 0.717) is 11.9 Å². The molecule has 1 heterocycles. The van der Waals surface area contributed by atoms with Crippen LogP contribution in [0.25, 0.3) is 0 Å². The van der Waals surface area contributed by atoms with Crippen LogP contribution in [0.5, 0.6) is 0 Å². The Morgan fingerprint density at radius 1 is 1.22 bits per heavy atom. The van der Waals surface area contributed by atoms with Gasteiger partial charge in [-0.1, -0.05) is 25.7 Å². The first-order valence-electron chi connectivity index (χ1n) is 7.74. The molecule has 1 spiro atoms. The summed E-state index contributed by atoms with van der Waals surface area (Å²) in [7, 11) is 0. The first-order valence-corrected chi connectivity index (χ1v) is 7.74. The van der Waals surface area contributed by atoms with Gasteiger partial charge in [0.25, 0.3) is 0 Å². The third kappa shape index (κ3) is 1.78. The Morgan fingerprint density at radius 2 is 1.83 bits per heavy atom. The lowest BCUT2D eigenvalue weighted by atomic mass is 9.94. The van der Waals surface area contributed by atoms with Gasteiger partial charge in [0.2, 0.25) is 5.91 Å². The predicted molar refractivity (Wildman–Crippen MR) is 72.1 cm³/mol. The fourth-order valence-corrected chi connectivity index (χ4v) is 4.50. The summed E-state index contributed by atoms with van der Waals surface area (Å²) in [5, 5.41) is 3.61. The monoisotopic (exact) mass is 250 g/mol. The summed E-state index contributed by atoms with van der Waals surface area (Å²) in [6, 6.07) is 0.419. The fraction of sp³-hybridized carbons (Fsp3) is 0.933. The zero-order valence-electron chi connectivity index (χ0n) is 11.7. The van der Waals surface area contributed by atoms with E-state index in [1.54, 1.807) is 0 Å². The van der Waals surface area contributed by atoms with Crippen LogP contribution in [0.15, 0.2) is 0 Å². The van der Waals surface area contributed by atoms with Gasteiger partial charge in [0, 0.05) is 6.04 Å². The van der Waals surface area contributed by atoms with E-state index in [0.717, 1.165) is 18.8 Å². The van der Waals surface area contributed by atoms with Gasteiger partial charge < -0.3 is 4.90 Å². The summed E-state index contributed by atoms with van der Waals surface area (Å²) in [6.07, 6.45) is 10.1. The van der Waals surface area contributed by atoms with Crippen molar-refractivity contribution < 1.29 is 4.79 Å². The Balaban J connectivity index is 1.77. The quantitative estimate of drug-likeness (QED) is 0.817. The summed E-state index contributed by atoms with van der Waals surface area (Å²) in [5.74, 6) is 1.13. The molecule has 0 aromatic rings. The molecule has 1 amide bonds. The Kier molecular flexibility index (Phi) is 3.13. The fourth-order valence-electron chi connectivity index (χ4n) is 4.50. The maximum atomic E-state index is 12.8. The van der Waals surface area contributed by atoms with Gasteiger partial charge in [0.1, 0.15) is 0 Å². The number of nitrogens with one attached hydrogen (secondary N) is 1. The minimum absolute atomic E-state index is 0.188. The summed E-state index contributed by atoms with van der Waals surface area (Å²) in [6.45, 7) is 4.43. The van der Waals surface area contributed by atoms with E-state index in [-0.39, 0.29) is 11.7 Å². The maximum absolute atomic E-state index is 12.8. The zero-order valence-corrected chi connectivity index (χ0v) is 11.7. The molecule has 2 aliphatic carbocycles. The molecule has 1 saturated heterocycles. The van der Waals surface area contributed by atoms with Gasteiger partial charge in [-0.2, -0.15) is 0 Å². The van der Waals surface area contributed by atoms with Gasteiger partial charge in [-0.15, -0.1) is 0 Å². The SMILES string of the molecule is CC1NC2(CCCC2)C(=O)N1C(C)C1CCCC1. The standard InChI is InChI=1S/C15H26N2O/c1-11(13-7-3-4-8-13)17-12(2)16-15(14(17)18)9-5-6-10-15/h11-13,16H,3-10H2,1-2H3. The highest BCUT2D eigenvalue weighted by Gasteiger charge is 2.52. The lowest BCUT2D eigenvalue weighted by Gasteiger charge is -2.33. The second-order valence-corrected chi connectivity index (χ2v) is 6.61. The molecule has 3 heteroatoms. The molecular formula is C15H26N2O. The molecule has 3 rings (SSSR count). The number of amides is 1. The van der Waals surface area contributed by atoms with Crippen molar-refractivity contribution >= 4 is 5.91 Å². The average molecular weight is 250 g/mol. The van der Waals surface area contributed by atoms with Gasteiger partial charge in [0.05, 0.1) is 11.7 Å². The molecule has 0 bridgehead atoms. The molecule has 18 heavy (non-hydrogen) atoms. The first-order chi connectivity index (χ1) is 8.64. The summed E-state index contributed by atoms with van der Waals surface area (Å²) in [5.41, 5.74) is -0.188. The number of hydrogen-bond donors (Lipinski definition) is 1. The molecule has 1 aliphatic heterocycles. The van der Waals surface area contributed by atoms with Crippen LogP contribution in [0.4, 0.5) is 0 Å². The third-order valence-corrected chi connectivity index (χ3v) is 5.52. The lowest BCUT2D eigenvalue weighted by molar-refractivity contribution is -0.135. The zero-order chi connectivity index (χ0) is 12.8. The summed E-state index contributed by atoms with van der Waals surface area (Å²) in [4.78, 5) is 15.0. The van der Waals surface area contributed by atoms with E-state index in [1.807, 2.05) is 0 Å². The molecule has 3 fully saturated rings. The van der Waals surface area contributed by atoms with Crippen LogP contribution in [-0.4, -0.2) is 28.6 Å². The molecule has 1 N–H and O–H groups in total. The van der Waals surface area contributed by atoms with E-state index in [9.17, 15) is 4.79 Å². The lowest BCUT2D eigenvalue weighted by Crippen LogP contribution is -2.46. The largest absolute Gasteiger partial charge is 0.323 e. The number of hydrogen-bond acceptors (Lipinski definition) is 2. The molecule has 3 aliphatic rings. The highest BCUT2D eigenvalue weighted by molar-refractivity contribution is 5.89. The molecule has 0 aromatic carbocycles. The smallest absolute Gasteiger partial charge is 0.244 e. The van der Waals surface area contributed by atoms with Crippen LogP contribution in [-0.2, 0) is 4.79 Å². The van der Waals surface area contributed by atoms with Gasteiger partial charge in [-0.3, -0.25) is 10.1 Å². The van der Waals surface area contributed by atoms with Crippen LogP contribution >= 0.6 is 0 Å². The van der Waals surface area contributed by atoms with Crippen molar-refractivity contribution in [3.05, 3.63) is 0 Å². The molecule has 3 nitrogen and oxygen atoms in total. The van der Waals surface area contributed by atoms with Crippen molar-refractivity contribution in [1.29, 1.82) is 0 Å². The number of rotatable bonds is 2. The average Bonchev–Trinajstić information content (AvgIpc) is 3.03. The summed E-state index contributed by atoms with van der Waals surface area (Å²) < 4.78 is 0. The van der Waals surface area contributed by atoms with E-state index < -0.39 is 0 Å². The highest BCUT2D eigenvalue weighted by Crippen LogP contribution is 2.39. The van der Waals surface area contributed by atoms with E-state index in [2.05, 4.69) is 24.1 Å². The van der Waals surface area contributed by atoms with Crippen LogP contribution in [0.2, 0.25) is 0 Å². The third-order valence-electron chi connectivity index (χ3n) is 5.52. The van der Waals surface area contributed by atoms with Gasteiger partial charge in [-0.25, -0.2) is 0 Å². The maximum Gasteiger partial charge on any atom is 0.244 e. The van der Waals surface area contributed by atoms with Crippen molar-refractivity contribution in [1.82, 2.24) is 10.2 Å². The minimum atomic E-state index is -0.188. The molecule has 2 saturated carbocycles. The van der Waals surface area contributed by atoms with Crippen molar-refractivity contribution in [3.63, 3.8) is 0 Å². The molecule has 0 aromatic heterocycles. The van der Waals surface area contributed by atoms with Crippen molar-refractivity contribution in [2.75, 3.05) is 0 Å². The second-order valence-electron chi connectivity index (χ2n) is 6.61. The Hall–Kier alpha value is -0.570. The van der Waals surface area contributed by atoms with Crippen LogP contribution in [0.3, 0.4) is 0 Å². The second kappa shape index (κ2) is 4.52. The van der Waals surface area contributed by atoms with Crippen LogP contribution in [0.1, 0.15) is 65.2 Å². The summed E-state index contributed by atoms with van der Waals surface area (Å²) >= 11 is 0. The normalized spacial score (nSPS) is 33.8. The Bertz CT molecular complexity index is 329. The van der Waals surface area contributed by atoms with Crippen LogP contribution in [0, 0.1) is 5.92 Å². The first kappa shape index (κ1) is 12.5. The number of carbonyl (C=O) groups excluding carboxylic acids is 1. The van der Waals surface area contributed by atoms with E-state index in [1.165, 1.54) is 38.5 Å².